The summed E-state index contributed by atoms with van der Waals surface area (Å²) in [7, 11) is 1.40. The Hall–Kier alpha value is -1.06. The molecule has 0 aromatic carbocycles. The summed E-state index contributed by atoms with van der Waals surface area (Å²) in [6, 6.07) is 0. The molecule has 0 saturated heterocycles. The molecule has 1 aliphatic rings. The Kier molecular flexibility index (Phi) is 4.54. The summed E-state index contributed by atoms with van der Waals surface area (Å²) in [6.07, 6.45) is 2.78. The summed E-state index contributed by atoms with van der Waals surface area (Å²) < 4.78 is 10.2. The topological polar surface area (TPSA) is 52.6 Å². The van der Waals surface area contributed by atoms with Crippen LogP contribution in [0.4, 0.5) is 0 Å². The molecule has 1 aliphatic carbocycles. The minimum Gasteiger partial charge on any atom is -0.468 e. The molecule has 0 radical (unpaired) electrons. The van der Waals surface area contributed by atoms with Crippen molar-refractivity contribution < 1.29 is 19.1 Å². The van der Waals surface area contributed by atoms with E-state index in [0.717, 1.165) is 19.3 Å². The molecule has 0 N–H and O–H groups in total. The van der Waals surface area contributed by atoms with E-state index >= 15 is 0 Å². The number of methoxy groups -OCH3 is 1. The predicted molar refractivity (Wildman–Crippen MR) is 63.3 cm³/mol. The lowest BCUT2D eigenvalue weighted by molar-refractivity contribution is -0.169. The zero-order valence-corrected chi connectivity index (χ0v) is 11.1. The van der Waals surface area contributed by atoms with Crippen LogP contribution in [0.5, 0.6) is 0 Å². The normalized spacial score (nSPS) is 28.2. The lowest BCUT2D eigenvalue weighted by Gasteiger charge is -2.33. The molecule has 1 saturated carbocycles. The van der Waals surface area contributed by atoms with Crippen molar-refractivity contribution in [3.8, 4) is 0 Å². The van der Waals surface area contributed by atoms with Gasteiger partial charge in [-0.15, -0.1) is 0 Å². The van der Waals surface area contributed by atoms with E-state index in [1.165, 1.54) is 14.0 Å². The second-order valence-electron chi connectivity index (χ2n) is 5.24. The molecule has 2 unspecified atom stereocenters. The molecule has 0 aliphatic heterocycles. The smallest absolute Gasteiger partial charge is 0.315 e. The second kappa shape index (κ2) is 5.52. The van der Waals surface area contributed by atoms with Gasteiger partial charge >= 0.3 is 11.9 Å². The van der Waals surface area contributed by atoms with Crippen LogP contribution in [0.25, 0.3) is 0 Å². The van der Waals surface area contributed by atoms with E-state index in [0.29, 0.717) is 12.3 Å². The van der Waals surface area contributed by atoms with Gasteiger partial charge in [-0.2, -0.15) is 0 Å². The summed E-state index contributed by atoms with van der Waals surface area (Å²) in [6.45, 7) is 5.51. The standard InChI is InChI=1S/C13H22O4/c1-9(2)8-13(12(15)16-4)7-5-6-11(13)17-10(3)14/h9,11H,5-8H2,1-4H3. The molecule has 4 nitrogen and oxygen atoms in total. The van der Waals surface area contributed by atoms with Gasteiger partial charge in [-0.25, -0.2) is 0 Å². The number of carbonyl (C=O) groups excluding carboxylic acids is 2. The van der Waals surface area contributed by atoms with Gasteiger partial charge in [-0.3, -0.25) is 9.59 Å². The Morgan fingerprint density at radius 3 is 2.53 bits per heavy atom. The Balaban J connectivity index is 2.94. The van der Waals surface area contributed by atoms with Crippen LogP contribution in [0.3, 0.4) is 0 Å². The van der Waals surface area contributed by atoms with Gasteiger partial charge in [0.25, 0.3) is 0 Å². The first-order valence-electron chi connectivity index (χ1n) is 6.18. The van der Waals surface area contributed by atoms with Gasteiger partial charge in [-0.1, -0.05) is 13.8 Å². The molecule has 0 heterocycles. The van der Waals surface area contributed by atoms with Crippen molar-refractivity contribution in [2.24, 2.45) is 11.3 Å². The number of hydrogen-bond donors (Lipinski definition) is 0. The fraction of sp³-hybridized carbons (Fsp3) is 0.846. The van der Waals surface area contributed by atoms with Crippen LogP contribution in [0.1, 0.15) is 46.5 Å². The number of rotatable bonds is 4. The van der Waals surface area contributed by atoms with Crippen molar-refractivity contribution in [2.45, 2.75) is 52.6 Å². The average Bonchev–Trinajstić information content (AvgIpc) is 2.59. The van der Waals surface area contributed by atoms with Gasteiger partial charge in [0, 0.05) is 6.92 Å². The van der Waals surface area contributed by atoms with Crippen LogP contribution in [0.15, 0.2) is 0 Å². The Bertz CT molecular complexity index is 298. The van der Waals surface area contributed by atoms with E-state index in [-0.39, 0.29) is 18.0 Å². The summed E-state index contributed by atoms with van der Waals surface area (Å²) in [4.78, 5) is 23.2. The summed E-state index contributed by atoms with van der Waals surface area (Å²) >= 11 is 0. The molecule has 4 heteroatoms. The van der Waals surface area contributed by atoms with E-state index in [4.69, 9.17) is 9.47 Å². The monoisotopic (exact) mass is 242 g/mol. The molecule has 0 spiro atoms. The maximum atomic E-state index is 12.0. The maximum absolute atomic E-state index is 12.0. The van der Waals surface area contributed by atoms with Gasteiger partial charge < -0.3 is 9.47 Å². The predicted octanol–water partition coefficient (Wildman–Crippen LogP) is 2.31. The molecule has 0 amide bonds. The van der Waals surface area contributed by atoms with Crippen LogP contribution < -0.4 is 0 Å². The molecular weight excluding hydrogens is 220 g/mol. The summed E-state index contributed by atoms with van der Waals surface area (Å²) in [5.74, 6) is -0.200. The van der Waals surface area contributed by atoms with E-state index in [9.17, 15) is 9.59 Å². The van der Waals surface area contributed by atoms with Crippen LogP contribution in [0.2, 0.25) is 0 Å². The number of carbonyl (C=O) groups is 2. The highest BCUT2D eigenvalue weighted by Crippen LogP contribution is 2.46. The molecule has 98 valence electrons. The molecule has 0 bridgehead atoms. The minimum absolute atomic E-state index is 0.241. The van der Waals surface area contributed by atoms with Crippen LogP contribution in [-0.2, 0) is 19.1 Å². The van der Waals surface area contributed by atoms with Crippen molar-refractivity contribution in [1.29, 1.82) is 0 Å². The van der Waals surface area contributed by atoms with Gasteiger partial charge in [0.1, 0.15) is 11.5 Å². The second-order valence-corrected chi connectivity index (χ2v) is 5.24. The first-order chi connectivity index (χ1) is 7.92. The van der Waals surface area contributed by atoms with E-state index in [1.807, 2.05) is 0 Å². The number of ether oxygens (including phenoxy) is 2. The Morgan fingerprint density at radius 1 is 1.41 bits per heavy atom. The van der Waals surface area contributed by atoms with Crippen molar-refractivity contribution in [2.75, 3.05) is 7.11 Å². The van der Waals surface area contributed by atoms with Crippen LogP contribution in [-0.4, -0.2) is 25.2 Å². The fourth-order valence-corrected chi connectivity index (χ4v) is 2.89. The molecule has 1 rings (SSSR count). The lowest BCUT2D eigenvalue weighted by Crippen LogP contribution is -2.42. The third-order valence-electron chi connectivity index (χ3n) is 3.38. The molecule has 2 atom stereocenters. The highest BCUT2D eigenvalue weighted by atomic mass is 16.6. The van der Waals surface area contributed by atoms with Crippen LogP contribution in [0, 0.1) is 11.3 Å². The first-order valence-corrected chi connectivity index (χ1v) is 6.18. The zero-order chi connectivity index (χ0) is 13.1. The highest BCUT2D eigenvalue weighted by Gasteiger charge is 2.52. The average molecular weight is 242 g/mol. The third-order valence-corrected chi connectivity index (χ3v) is 3.38. The van der Waals surface area contributed by atoms with Crippen molar-refractivity contribution >= 4 is 11.9 Å². The molecular formula is C13H22O4. The van der Waals surface area contributed by atoms with E-state index in [1.54, 1.807) is 0 Å². The highest BCUT2D eigenvalue weighted by molar-refractivity contribution is 5.78. The van der Waals surface area contributed by atoms with Crippen molar-refractivity contribution in [3.05, 3.63) is 0 Å². The largest absolute Gasteiger partial charge is 0.468 e. The maximum Gasteiger partial charge on any atom is 0.315 e. The lowest BCUT2D eigenvalue weighted by atomic mass is 9.77. The van der Waals surface area contributed by atoms with Crippen molar-refractivity contribution in [3.63, 3.8) is 0 Å². The molecule has 0 aromatic heterocycles. The molecule has 1 fully saturated rings. The third kappa shape index (κ3) is 2.99. The van der Waals surface area contributed by atoms with Crippen LogP contribution >= 0.6 is 0 Å². The SMILES string of the molecule is COC(=O)C1(CC(C)C)CCCC1OC(C)=O. The van der Waals surface area contributed by atoms with Crippen molar-refractivity contribution in [1.82, 2.24) is 0 Å². The minimum atomic E-state index is -0.630. The Morgan fingerprint density at radius 2 is 2.06 bits per heavy atom. The quantitative estimate of drug-likeness (QED) is 0.710. The molecule has 17 heavy (non-hydrogen) atoms. The summed E-state index contributed by atoms with van der Waals surface area (Å²) in [5, 5.41) is 0. The number of esters is 2. The number of hydrogen-bond acceptors (Lipinski definition) is 4. The van der Waals surface area contributed by atoms with Gasteiger partial charge in [0.05, 0.1) is 7.11 Å². The van der Waals surface area contributed by atoms with Gasteiger partial charge in [0.15, 0.2) is 0 Å². The summed E-state index contributed by atoms with van der Waals surface area (Å²) in [5.41, 5.74) is -0.630. The zero-order valence-electron chi connectivity index (χ0n) is 11.1. The fourth-order valence-electron chi connectivity index (χ4n) is 2.89. The van der Waals surface area contributed by atoms with E-state index < -0.39 is 5.41 Å². The van der Waals surface area contributed by atoms with Gasteiger partial charge in [0.2, 0.25) is 0 Å². The first kappa shape index (κ1) is 14.0. The molecule has 0 aromatic rings. The Labute approximate surface area is 103 Å². The van der Waals surface area contributed by atoms with E-state index in [2.05, 4.69) is 13.8 Å². The van der Waals surface area contributed by atoms with Gasteiger partial charge in [-0.05, 0) is 31.6 Å².